The van der Waals surface area contributed by atoms with Crippen LogP contribution in [-0.4, -0.2) is 11.8 Å². The summed E-state index contributed by atoms with van der Waals surface area (Å²) in [6.45, 7) is 1.39. The number of rotatable bonds is 3. The molecule has 0 bridgehead atoms. The molecule has 24 heavy (non-hydrogen) atoms. The standard InChI is InChI=1S/C17H12BrClN2O3/c1-9(22)20-14-6-5-11(8-13(14)19)21-17(23)15-7-10-3-2-4-12(18)16(10)24-15/h2-8H,1H3,(H,20,22)(H,21,23). The lowest BCUT2D eigenvalue weighted by atomic mass is 10.2. The summed E-state index contributed by atoms with van der Waals surface area (Å²) >= 11 is 9.48. The molecular weight excluding hydrogens is 396 g/mol. The molecule has 3 aromatic rings. The Morgan fingerprint density at radius 1 is 1.12 bits per heavy atom. The topological polar surface area (TPSA) is 71.3 Å². The molecular formula is C17H12BrClN2O3. The van der Waals surface area contributed by atoms with Gasteiger partial charge in [-0.25, -0.2) is 0 Å². The number of benzene rings is 2. The van der Waals surface area contributed by atoms with Crippen molar-refractivity contribution in [2.24, 2.45) is 0 Å². The van der Waals surface area contributed by atoms with Crippen molar-refractivity contribution in [2.75, 3.05) is 10.6 Å². The van der Waals surface area contributed by atoms with Gasteiger partial charge in [0.15, 0.2) is 5.76 Å². The lowest BCUT2D eigenvalue weighted by Gasteiger charge is -2.08. The highest BCUT2D eigenvalue weighted by atomic mass is 79.9. The van der Waals surface area contributed by atoms with Gasteiger partial charge in [0.2, 0.25) is 5.91 Å². The summed E-state index contributed by atoms with van der Waals surface area (Å²) in [5, 5.41) is 6.47. The SMILES string of the molecule is CC(=O)Nc1ccc(NC(=O)c2cc3cccc(Br)c3o2)cc1Cl. The number of anilines is 2. The van der Waals surface area contributed by atoms with Crippen LogP contribution in [0.3, 0.4) is 0 Å². The van der Waals surface area contributed by atoms with Crippen molar-refractivity contribution in [2.45, 2.75) is 6.92 Å². The number of nitrogens with one attached hydrogen (secondary N) is 2. The van der Waals surface area contributed by atoms with Crippen molar-refractivity contribution in [1.82, 2.24) is 0 Å². The van der Waals surface area contributed by atoms with E-state index in [-0.39, 0.29) is 17.6 Å². The number of hydrogen-bond acceptors (Lipinski definition) is 3. The van der Waals surface area contributed by atoms with Crippen molar-refractivity contribution in [1.29, 1.82) is 0 Å². The Kier molecular flexibility index (Phi) is 4.59. The molecule has 0 unspecified atom stereocenters. The van der Waals surface area contributed by atoms with Gasteiger partial charge in [-0.3, -0.25) is 9.59 Å². The molecule has 0 atom stereocenters. The number of para-hydroxylation sites is 1. The summed E-state index contributed by atoms with van der Waals surface area (Å²) in [5.41, 5.74) is 1.59. The van der Waals surface area contributed by atoms with Crippen LogP contribution in [-0.2, 0) is 4.79 Å². The number of halogens is 2. The van der Waals surface area contributed by atoms with Crippen LogP contribution in [0.15, 0.2) is 51.4 Å². The molecule has 0 saturated carbocycles. The summed E-state index contributed by atoms with van der Waals surface area (Å²) in [6.07, 6.45) is 0. The molecule has 122 valence electrons. The maximum Gasteiger partial charge on any atom is 0.291 e. The zero-order chi connectivity index (χ0) is 17.3. The van der Waals surface area contributed by atoms with E-state index in [1.807, 2.05) is 18.2 Å². The Bertz CT molecular complexity index is 952. The molecule has 0 spiro atoms. The normalized spacial score (nSPS) is 10.6. The molecule has 3 rings (SSSR count). The first-order chi connectivity index (χ1) is 11.4. The van der Waals surface area contributed by atoms with E-state index >= 15 is 0 Å². The van der Waals surface area contributed by atoms with Crippen LogP contribution in [0.25, 0.3) is 11.0 Å². The minimum absolute atomic E-state index is 0.193. The van der Waals surface area contributed by atoms with Crippen LogP contribution >= 0.6 is 27.5 Å². The number of carbonyl (C=O) groups is 2. The summed E-state index contributed by atoms with van der Waals surface area (Å²) < 4.78 is 6.37. The van der Waals surface area contributed by atoms with Crippen LogP contribution in [0, 0.1) is 0 Å². The fraction of sp³-hybridized carbons (Fsp3) is 0.0588. The van der Waals surface area contributed by atoms with E-state index in [1.165, 1.54) is 6.92 Å². The van der Waals surface area contributed by atoms with Crippen LogP contribution in [0.1, 0.15) is 17.5 Å². The Balaban J connectivity index is 1.82. The fourth-order valence-corrected chi connectivity index (χ4v) is 2.91. The van der Waals surface area contributed by atoms with Gasteiger partial charge in [0.25, 0.3) is 5.91 Å². The first-order valence-corrected chi connectivity index (χ1v) is 8.17. The summed E-state index contributed by atoms with van der Waals surface area (Å²) in [6, 6.07) is 12.1. The number of furan rings is 1. The molecule has 0 saturated heterocycles. The number of fused-ring (bicyclic) bond motifs is 1. The maximum atomic E-state index is 12.3. The second kappa shape index (κ2) is 6.67. The molecule has 2 N–H and O–H groups in total. The van der Waals surface area contributed by atoms with Gasteiger partial charge in [-0.15, -0.1) is 0 Å². The Hall–Kier alpha value is -2.31. The predicted octanol–water partition coefficient (Wildman–Crippen LogP) is 5.06. The molecule has 0 aliphatic rings. The molecule has 0 aliphatic carbocycles. The summed E-state index contributed by atoms with van der Waals surface area (Å²) in [7, 11) is 0. The maximum absolute atomic E-state index is 12.3. The largest absolute Gasteiger partial charge is 0.450 e. The third kappa shape index (κ3) is 3.44. The van der Waals surface area contributed by atoms with Crippen molar-refractivity contribution >= 4 is 61.7 Å². The van der Waals surface area contributed by atoms with E-state index in [0.29, 0.717) is 22.0 Å². The average Bonchev–Trinajstić information content (AvgIpc) is 2.95. The lowest BCUT2D eigenvalue weighted by Crippen LogP contribution is -2.11. The van der Waals surface area contributed by atoms with Crippen LogP contribution < -0.4 is 10.6 Å². The predicted molar refractivity (Wildman–Crippen MR) is 97.6 cm³/mol. The minimum atomic E-state index is -0.388. The third-order valence-electron chi connectivity index (χ3n) is 3.26. The van der Waals surface area contributed by atoms with Crippen molar-refractivity contribution in [3.63, 3.8) is 0 Å². The van der Waals surface area contributed by atoms with Gasteiger partial charge in [0, 0.05) is 18.0 Å². The smallest absolute Gasteiger partial charge is 0.291 e. The second-order valence-electron chi connectivity index (χ2n) is 5.10. The van der Waals surface area contributed by atoms with E-state index in [0.717, 1.165) is 9.86 Å². The molecule has 2 amide bonds. The number of hydrogen-bond donors (Lipinski definition) is 2. The van der Waals surface area contributed by atoms with E-state index in [1.54, 1.807) is 24.3 Å². The monoisotopic (exact) mass is 406 g/mol. The molecule has 1 aromatic heterocycles. The zero-order valence-corrected chi connectivity index (χ0v) is 14.9. The molecule has 0 aliphatic heterocycles. The van der Waals surface area contributed by atoms with Crippen molar-refractivity contribution in [3.05, 3.63) is 57.7 Å². The molecule has 1 heterocycles. The Labute approximate surface area is 151 Å². The molecule has 2 aromatic carbocycles. The quantitative estimate of drug-likeness (QED) is 0.637. The van der Waals surface area contributed by atoms with Gasteiger partial charge in [-0.05, 0) is 46.3 Å². The lowest BCUT2D eigenvalue weighted by molar-refractivity contribution is -0.114. The summed E-state index contributed by atoms with van der Waals surface area (Å²) in [5.74, 6) is -0.415. The zero-order valence-electron chi connectivity index (χ0n) is 12.5. The van der Waals surface area contributed by atoms with E-state index in [9.17, 15) is 9.59 Å². The third-order valence-corrected chi connectivity index (χ3v) is 4.19. The highest BCUT2D eigenvalue weighted by Crippen LogP contribution is 2.28. The van der Waals surface area contributed by atoms with Gasteiger partial charge in [0.05, 0.1) is 15.2 Å². The van der Waals surface area contributed by atoms with E-state index < -0.39 is 0 Å². The van der Waals surface area contributed by atoms with Gasteiger partial charge < -0.3 is 15.1 Å². The molecule has 5 nitrogen and oxygen atoms in total. The van der Waals surface area contributed by atoms with Crippen LogP contribution in [0.5, 0.6) is 0 Å². The first-order valence-electron chi connectivity index (χ1n) is 7.00. The number of amides is 2. The Morgan fingerprint density at radius 3 is 2.58 bits per heavy atom. The van der Waals surface area contributed by atoms with Gasteiger partial charge in [-0.2, -0.15) is 0 Å². The fourth-order valence-electron chi connectivity index (χ4n) is 2.22. The minimum Gasteiger partial charge on any atom is -0.450 e. The molecule has 0 radical (unpaired) electrons. The highest BCUT2D eigenvalue weighted by molar-refractivity contribution is 9.10. The number of carbonyl (C=O) groups excluding carboxylic acids is 2. The molecule has 7 heteroatoms. The highest BCUT2D eigenvalue weighted by Gasteiger charge is 2.14. The van der Waals surface area contributed by atoms with Crippen LogP contribution in [0.2, 0.25) is 5.02 Å². The van der Waals surface area contributed by atoms with E-state index in [4.69, 9.17) is 16.0 Å². The van der Waals surface area contributed by atoms with Crippen molar-refractivity contribution < 1.29 is 14.0 Å². The van der Waals surface area contributed by atoms with Crippen molar-refractivity contribution in [3.8, 4) is 0 Å². The first kappa shape index (κ1) is 16.5. The van der Waals surface area contributed by atoms with Gasteiger partial charge in [-0.1, -0.05) is 23.7 Å². The van der Waals surface area contributed by atoms with Gasteiger partial charge >= 0.3 is 0 Å². The molecule has 0 fully saturated rings. The average molecular weight is 408 g/mol. The van der Waals surface area contributed by atoms with E-state index in [2.05, 4.69) is 26.6 Å². The van der Waals surface area contributed by atoms with Crippen LogP contribution in [0.4, 0.5) is 11.4 Å². The van der Waals surface area contributed by atoms with Gasteiger partial charge in [0.1, 0.15) is 5.58 Å². The summed E-state index contributed by atoms with van der Waals surface area (Å²) in [4.78, 5) is 23.4. The Morgan fingerprint density at radius 2 is 1.92 bits per heavy atom. The second-order valence-corrected chi connectivity index (χ2v) is 6.36.